The summed E-state index contributed by atoms with van der Waals surface area (Å²) in [6.07, 6.45) is -4.90. The molecule has 2 aliphatic heterocycles. The van der Waals surface area contributed by atoms with E-state index in [1.807, 2.05) is 30.9 Å². The van der Waals surface area contributed by atoms with Crippen LogP contribution in [-0.4, -0.2) is 29.5 Å². The first-order valence-electron chi connectivity index (χ1n) is 9.67. The second-order valence-electron chi connectivity index (χ2n) is 8.44. The van der Waals surface area contributed by atoms with Crippen molar-refractivity contribution < 1.29 is 27.1 Å². The van der Waals surface area contributed by atoms with Crippen LogP contribution in [0.2, 0.25) is 0 Å². The summed E-state index contributed by atoms with van der Waals surface area (Å²) in [4.78, 5) is 13.8. The second kappa shape index (κ2) is 7.35. The van der Waals surface area contributed by atoms with E-state index in [0.29, 0.717) is 31.3 Å². The number of alkyl halides is 3. The third kappa shape index (κ3) is 4.06. The van der Waals surface area contributed by atoms with E-state index in [9.17, 15) is 22.4 Å². The van der Waals surface area contributed by atoms with Gasteiger partial charge in [-0.05, 0) is 54.8 Å². The Morgan fingerprint density at radius 3 is 2.70 bits per heavy atom. The molecule has 0 aromatic heterocycles. The monoisotopic (exact) mass is 422 g/mol. The molecular weight excluding hydrogens is 400 g/mol. The summed E-state index contributed by atoms with van der Waals surface area (Å²) < 4.78 is 59.1. The van der Waals surface area contributed by atoms with E-state index in [-0.39, 0.29) is 24.1 Å². The fourth-order valence-corrected chi connectivity index (χ4v) is 3.95. The maximum absolute atomic E-state index is 13.8. The van der Waals surface area contributed by atoms with Crippen LogP contribution in [0.3, 0.4) is 0 Å². The lowest BCUT2D eigenvalue weighted by molar-refractivity contribution is -0.138. The molecule has 1 saturated heterocycles. The topological polar surface area (TPSA) is 41.6 Å². The number of nitrogens with one attached hydrogen (secondary N) is 1. The smallest absolute Gasteiger partial charge is 0.370 e. The van der Waals surface area contributed by atoms with E-state index in [4.69, 9.17) is 4.74 Å². The quantitative estimate of drug-likeness (QED) is 0.744. The number of carbonyl (C=O) groups excluding carboxylic acids is 1. The predicted molar refractivity (Wildman–Crippen MR) is 102 cm³/mol. The van der Waals surface area contributed by atoms with Crippen molar-refractivity contribution in [2.24, 2.45) is 0 Å². The summed E-state index contributed by atoms with van der Waals surface area (Å²) in [6.45, 7) is 5.32. The van der Waals surface area contributed by atoms with Crippen LogP contribution in [0, 0.1) is 5.82 Å². The molecule has 2 aromatic rings. The van der Waals surface area contributed by atoms with E-state index in [0.717, 1.165) is 23.3 Å². The van der Waals surface area contributed by atoms with E-state index in [1.54, 1.807) is 6.07 Å². The molecule has 2 aliphatic rings. The van der Waals surface area contributed by atoms with Gasteiger partial charge in [-0.25, -0.2) is 4.39 Å². The fourth-order valence-electron chi connectivity index (χ4n) is 3.95. The van der Waals surface area contributed by atoms with Gasteiger partial charge in [0.2, 0.25) is 0 Å². The number of amides is 1. The number of rotatable bonds is 3. The van der Waals surface area contributed by atoms with Crippen LogP contribution in [0.25, 0.3) is 0 Å². The van der Waals surface area contributed by atoms with Crippen molar-refractivity contribution in [3.8, 4) is 0 Å². The largest absolute Gasteiger partial charge is 0.416 e. The molecule has 2 aromatic carbocycles. The summed E-state index contributed by atoms with van der Waals surface area (Å²) >= 11 is 0. The summed E-state index contributed by atoms with van der Waals surface area (Å²) in [7, 11) is 0. The van der Waals surface area contributed by atoms with Gasteiger partial charge in [0.1, 0.15) is 5.82 Å². The third-order valence-corrected chi connectivity index (χ3v) is 5.72. The molecule has 1 atom stereocenters. The number of morpholine rings is 1. The Kier molecular flexibility index (Phi) is 5.10. The normalized spacial score (nSPS) is 21.4. The zero-order chi connectivity index (χ0) is 21.7. The minimum Gasteiger partial charge on any atom is -0.370 e. The van der Waals surface area contributed by atoms with Crippen molar-refractivity contribution in [3.05, 3.63) is 70.0 Å². The Bertz CT molecular complexity index is 988. The van der Waals surface area contributed by atoms with Crippen LogP contribution in [0.5, 0.6) is 0 Å². The molecule has 1 fully saturated rings. The minimum atomic E-state index is -4.60. The van der Waals surface area contributed by atoms with Gasteiger partial charge in [0, 0.05) is 30.7 Å². The number of hydrogen-bond donors (Lipinski definition) is 1. The summed E-state index contributed by atoms with van der Waals surface area (Å²) in [5, 5.41) is 2.77. The first-order valence-corrected chi connectivity index (χ1v) is 9.67. The second-order valence-corrected chi connectivity index (χ2v) is 8.44. The standard InChI is InChI=1S/C22H22F4N2O2/c1-21(2)12-30-19(14-3-4-18-15(7-14)9-27-20(18)29)11-28(21)10-13-5-16(22(24,25)26)8-17(23)6-13/h3-8,19H,9-12H2,1-2H3,(H,27,29). The predicted octanol–water partition coefficient (Wildman–Crippen LogP) is 4.44. The lowest BCUT2D eigenvalue weighted by Gasteiger charge is -2.45. The van der Waals surface area contributed by atoms with Crippen molar-refractivity contribution in [2.45, 2.75) is 44.8 Å². The Balaban J connectivity index is 1.57. The maximum atomic E-state index is 13.8. The van der Waals surface area contributed by atoms with Crippen molar-refractivity contribution in [1.29, 1.82) is 0 Å². The number of ether oxygens (including phenoxy) is 1. The lowest BCUT2D eigenvalue weighted by atomic mass is 9.95. The molecule has 160 valence electrons. The first kappa shape index (κ1) is 20.8. The fraction of sp³-hybridized carbons (Fsp3) is 0.409. The molecule has 0 radical (unpaired) electrons. The van der Waals surface area contributed by atoms with Gasteiger partial charge in [0.25, 0.3) is 5.91 Å². The molecule has 1 amide bonds. The average Bonchev–Trinajstić information content (AvgIpc) is 3.03. The van der Waals surface area contributed by atoms with Crippen LogP contribution in [0.15, 0.2) is 36.4 Å². The van der Waals surface area contributed by atoms with Crippen molar-refractivity contribution in [2.75, 3.05) is 13.2 Å². The van der Waals surface area contributed by atoms with Crippen molar-refractivity contribution >= 4 is 5.91 Å². The molecule has 0 bridgehead atoms. The van der Waals surface area contributed by atoms with E-state index < -0.39 is 23.1 Å². The van der Waals surface area contributed by atoms with Gasteiger partial charge in [-0.1, -0.05) is 12.1 Å². The molecule has 0 spiro atoms. The zero-order valence-corrected chi connectivity index (χ0v) is 16.6. The average molecular weight is 422 g/mol. The van der Waals surface area contributed by atoms with Gasteiger partial charge in [-0.15, -0.1) is 0 Å². The number of hydrogen-bond acceptors (Lipinski definition) is 3. The summed E-state index contributed by atoms with van der Waals surface area (Å²) in [5.41, 5.74) is 1.29. The highest BCUT2D eigenvalue weighted by molar-refractivity contribution is 5.98. The van der Waals surface area contributed by atoms with Crippen LogP contribution in [0.4, 0.5) is 17.6 Å². The zero-order valence-electron chi connectivity index (χ0n) is 16.6. The van der Waals surface area contributed by atoms with E-state index >= 15 is 0 Å². The van der Waals surface area contributed by atoms with Crippen LogP contribution in [0.1, 0.15) is 52.6 Å². The number of carbonyl (C=O) groups is 1. The Morgan fingerprint density at radius 2 is 1.97 bits per heavy atom. The van der Waals surface area contributed by atoms with Gasteiger partial charge in [0.15, 0.2) is 0 Å². The van der Waals surface area contributed by atoms with Crippen LogP contribution < -0.4 is 5.32 Å². The highest BCUT2D eigenvalue weighted by Crippen LogP contribution is 2.35. The highest BCUT2D eigenvalue weighted by Gasteiger charge is 2.37. The molecule has 30 heavy (non-hydrogen) atoms. The first-order chi connectivity index (χ1) is 14.0. The van der Waals surface area contributed by atoms with Crippen LogP contribution in [-0.2, 0) is 24.0 Å². The molecule has 8 heteroatoms. The summed E-state index contributed by atoms with van der Waals surface area (Å²) in [6, 6.07) is 8.19. The maximum Gasteiger partial charge on any atom is 0.416 e. The lowest BCUT2D eigenvalue weighted by Crippen LogP contribution is -2.53. The number of nitrogens with zero attached hydrogens (tertiary/aromatic N) is 1. The van der Waals surface area contributed by atoms with E-state index in [2.05, 4.69) is 5.32 Å². The molecule has 0 saturated carbocycles. The Morgan fingerprint density at radius 1 is 1.20 bits per heavy atom. The number of halogens is 4. The molecular formula is C22H22F4N2O2. The van der Waals surface area contributed by atoms with Gasteiger partial charge < -0.3 is 10.1 Å². The van der Waals surface area contributed by atoms with Gasteiger partial charge in [-0.3, -0.25) is 9.69 Å². The molecule has 4 rings (SSSR count). The van der Waals surface area contributed by atoms with Gasteiger partial charge in [-0.2, -0.15) is 13.2 Å². The van der Waals surface area contributed by atoms with Gasteiger partial charge in [0.05, 0.1) is 18.3 Å². The molecule has 1 unspecified atom stereocenters. The minimum absolute atomic E-state index is 0.101. The SMILES string of the molecule is CC1(C)COC(c2ccc3c(c2)CNC3=O)CN1Cc1cc(F)cc(C(F)(F)F)c1. The number of benzene rings is 2. The van der Waals surface area contributed by atoms with Crippen molar-refractivity contribution in [1.82, 2.24) is 10.2 Å². The van der Waals surface area contributed by atoms with Crippen molar-refractivity contribution in [3.63, 3.8) is 0 Å². The van der Waals surface area contributed by atoms with Crippen LogP contribution >= 0.6 is 0 Å². The highest BCUT2D eigenvalue weighted by atomic mass is 19.4. The third-order valence-electron chi connectivity index (χ3n) is 5.72. The molecule has 1 N–H and O–H groups in total. The molecule has 0 aliphatic carbocycles. The van der Waals surface area contributed by atoms with E-state index in [1.165, 1.54) is 0 Å². The Labute approximate surface area is 171 Å². The Hall–Kier alpha value is -2.45. The molecule has 4 nitrogen and oxygen atoms in total. The van der Waals surface area contributed by atoms with Gasteiger partial charge >= 0.3 is 6.18 Å². The number of fused-ring (bicyclic) bond motifs is 1. The summed E-state index contributed by atoms with van der Waals surface area (Å²) in [5.74, 6) is -1.01. The molecule has 2 heterocycles.